The van der Waals surface area contributed by atoms with Crippen LogP contribution in [-0.2, 0) is 17.9 Å². The fourth-order valence-corrected chi connectivity index (χ4v) is 1.78. The van der Waals surface area contributed by atoms with Crippen molar-refractivity contribution in [2.45, 2.75) is 46.2 Å². The van der Waals surface area contributed by atoms with Gasteiger partial charge in [0.1, 0.15) is 0 Å². The van der Waals surface area contributed by atoms with Crippen LogP contribution in [0.15, 0.2) is 6.07 Å². The summed E-state index contributed by atoms with van der Waals surface area (Å²) in [4.78, 5) is 10.5. The summed E-state index contributed by atoms with van der Waals surface area (Å²) in [7, 11) is 0. The number of nitrogens with two attached hydrogens (primary N) is 1. The molecule has 0 aliphatic rings. The van der Waals surface area contributed by atoms with Gasteiger partial charge >= 0.3 is 0 Å². The van der Waals surface area contributed by atoms with Crippen LogP contribution in [0.25, 0.3) is 0 Å². The van der Waals surface area contributed by atoms with Crippen LogP contribution in [0, 0.1) is 6.92 Å². The molecule has 0 aliphatic heterocycles. The maximum atomic E-state index is 10.5. The lowest BCUT2D eigenvalue weighted by Crippen LogP contribution is -2.18. The van der Waals surface area contributed by atoms with E-state index in [1.807, 2.05) is 11.6 Å². The predicted molar refractivity (Wildman–Crippen MR) is 67.4 cm³/mol. The molecule has 96 valence electrons. The highest BCUT2D eigenvalue weighted by atomic mass is 16.1. The predicted octanol–water partition coefficient (Wildman–Crippen LogP) is 0.957. The van der Waals surface area contributed by atoms with Crippen molar-refractivity contribution in [1.29, 1.82) is 0 Å². The molecule has 1 heterocycles. The lowest BCUT2D eigenvalue weighted by atomic mass is 10.2. The van der Waals surface area contributed by atoms with E-state index in [4.69, 9.17) is 5.73 Å². The van der Waals surface area contributed by atoms with Crippen molar-refractivity contribution < 1.29 is 4.79 Å². The summed E-state index contributed by atoms with van der Waals surface area (Å²) < 4.78 is 2.01. The maximum Gasteiger partial charge on any atom is 0.217 e. The van der Waals surface area contributed by atoms with E-state index in [0.29, 0.717) is 6.42 Å². The second-order valence-corrected chi connectivity index (χ2v) is 4.19. The van der Waals surface area contributed by atoms with Crippen LogP contribution in [0.5, 0.6) is 0 Å². The zero-order valence-electron chi connectivity index (χ0n) is 10.7. The van der Waals surface area contributed by atoms with Crippen molar-refractivity contribution in [2.24, 2.45) is 5.73 Å². The van der Waals surface area contributed by atoms with Gasteiger partial charge in [-0.25, -0.2) is 0 Å². The first-order valence-corrected chi connectivity index (χ1v) is 6.15. The Balaban J connectivity index is 2.19. The van der Waals surface area contributed by atoms with Gasteiger partial charge in [0.25, 0.3) is 0 Å². The summed E-state index contributed by atoms with van der Waals surface area (Å²) in [6.07, 6.45) is 2.31. The quantitative estimate of drug-likeness (QED) is 0.662. The minimum atomic E-state index is -0.218. The van der Waals surface area contributed by atoms with E-state index in [1.165, 1.54) is 5.69 Å². The van der Waals surface area contributed by atoms with Crippen LogP contribution in [0.1, 0.15) is 37.6 Å². The van der Waals surface area contributed by atoms with Crippen molar-refractivity contribution in [2.75, 3.05) is 6.54 Å². The normalized spacial score (nSPS) is 10.7. The monoisotopic (exact) mass is 238 g/mol. The van der Waals surface area contributed by atoms with Gasteiger partial charge in [-0.05, 0) is 39.3 Å². The molecule has 0 saturated heterocycles. The van der Waals surface area contributed by atoms with Crippen molar-refractivity contribution >= 4 is 5.91 Å². The fourth-order valence-electron chi connectivity index (χ4n) is 1.78. The van der Waals surface area contributed by atoms with Crippen molar-refractivity contribution in [1.82, 2.24) is 15.1 Å². The molecule has 1 aromatic heterocycles. The third kappa shape index (κ3) is 4.99. The van der Waals surface area contributed by atoms with Crippen LogP contribution in [0.2, 0.25) is 0 Å². The minimum Gasteiger partial charge on any atom is -0.370 e. The van der Waals surface area contributed by atoms with Gasteiger partial charge in [0.2, 0.25) is 5.91 Å². The first kappa shape index (κ1) is 13.7. The third-order valence-corrected chi connectivity index (χ3v) is 2.62. The summed E-state index contributed by atoms with van der Waals surface area (Å²) in [5.74, 6) is -0.218. The number of rotatable bonds is 8. The Morgan fingerprint density at radius 1 is 1.53 bits per heavy atom. The van der Waals surface area contributed by atoms with Gasteiger partial charge < -0.3 is 11.1 Å². The lowest BCUT2D eigenvalue weighted by molar-refractivity contribution is -0.118. The van der Waals surface area contributed by atoms with Crippen molar-refractivity contribution in [3.8, 4) is 0 Å². The number of aryl methyl sites for hydroxylation is 2. The number of unbranched alkanes of at least 4 members (excludes halogenated alkanes) is 1. The smallest absolute Gasteiger partial charge is 0.217 e. The highest BCUT2D eigenvalue weighted by Gasteiger charge is 2.02. The molecule has 0 fully saturated rings. The molecule has 0 aliphatic carbocycles. The van der Waals surface area contributed by atoms with Crippen molar-refractivity contribution in [3.05, 3.63) is 17.5 Å². The Morgan fingerprint density at radius 3 is 2.94 bits per heavy atom. The van der Waals surface area contributed by atoms with E-state index in [9.17, 15) is 4.79 Å². The van der Waals surface area contributed by atoms with Crippen LogP contribution in [0.3, 0.4) is 0 Å². The number of nitrogens with zero attached hydrogens (tertiary/aromatic N) is 2. The van der Waals surface area contributed by atoms with Gasteiger partial charge in [-0.3, -0.25) is 9.48 Å². The second-order valence-electron chi connectivity index (χ2n) is 4.19. The molecule has 0 saturated carbocycles. The first-order valence-electron chi connectivity index (χ1n) is 6.15. The highest BCUT2D eigenvalue weighted by Crippen LogP contribution is 2.03. The number of nitrogens with one attached hydrogen (secondary N) is 1. The first-order chi connectivity index (χ1) is 8.13. The van der Waals surface area contributed by atoms with Crippen LogP contribution in [0.4, 0.5) is 0 Å². The molecule has 0 radical (unpaired) electrons. The Hall–Kier alpha value is -1.36. The zero-order chi connectivity index (χ0) is 12.7. The molecule has 0 atom stereocenters. The van der Waals surface area contributed by atoms with E-state index in [2.05, 4.69) is 23.4 Å². The second kappa shape index (κ2) is 7.06. The average molecular weight is 238 g/mol. The molecule has 3 N–H and O–H groups in total. The number of hydrogen-bond donors (Lipinski definition) is 2. The SMILES string of the molecule is CCn1nc(C)cc1CNCCCCC(N)=O. The summed E-state index contributed by atoms with van der Waals surface area (Å²) in [6.45, 7) is 6.71. The van der Waals surface area contributed by atoms with Crippen LogP contribution in [-0.4, -0.2) is 22.2 Å². The van der Waals surface area contributed by atoms with Crippen LogP contribution < -0.4 is 11.1 Å². The summed E-state index contributed by atoms with van der Waals surface area (Å²) >= 11 is 0. The molecule has 0 bridgehead atoms. The number of hydrogen-bond acceptors (Lipinski definition) is 3. The Bertz CT molecular complexity index is 359. The van der Waals surface area contributed by atoms with Gasteiger partial charge in [0.05, 0.1) is 11.4 Å². The van der Waals surface area contributed by atoms with Gasteiger partial charge in [-0.15, -0.1) is 0 Å². The molecular formula is C12H22N4O. The van der Waals surface area contributed by atoms with Gasteiger partial charge in [0, 0.05) is 19.5 Å². The Labute approximate surface area is 102 Å². The number of carbonyl (C=O) groups is 1. The Morgan fingerprint density at radius 2 is 2.29 bits per heavy atom. The van der Waals surface area contributed by atoms with Crippen LogP contribution >= 0.6 is 0 Å². The average Bonchev–Trinajstić information content (AvgIpc) is 2.63. The number of aromatic nitrogens is 2. The highest BCUT2D eigenvalue weighted by molar-refractivity contribution is 5.73. The molecule has 0 spiro atoms. The molecule has 17 heavy (non-hydrogen) atoms. The fraction of sp³-hybridized carbons (Fsp3) is 0.667. The van der Waals surface area contributed by atoms with Crippen molar-refractivity contribution in [3.63, 3.8) is 0 Å². The molecule has 5 heteroatoms. The van der Waals surface area contributed by atoms with E-state index < -0.39 is 0 Å². The molecule has 0 unspecified atom stereocenters. The van der Waals surface area contributed by atoms with E-state index >= 15 is 0 Å². The molecule has 1 rings (SSSR count). The number of carbonyl (C=O) groups excluding carboxylic acids is 1. The summed E-state index contributed by atoms with van der Waals surface area (Å²) in [6, 6.07) is 2.10. The topological polar surface area (TPSA) is 72.9 Å². The molecule has 1 aromatic rings. The van der Waals surface area contributed by atoms with Gasteiger partial charge in [-0.1, -0.05) is 0 Å². The van der Waals surface area contributed by atoms with E-state index in [-0.39, 0.29) is 5.91 Å². The van der Waals surface area contributed by atoms with Gasteiger partial charge in [0.15, 0.2) is 0 Å². The van der Waals surface area contributed by atoms with E-state index in [0.717, 1.165) is 38.2 Å². The number of amides is 1. The standard InChI is InChI=1S/C12H22N4O/c1-3-16-11(8-10(2)15-16)9-14-7-5-4-6-12(13)17/h8,14H,3-7,9H2,1-2H3,(H2,13,17). The zero-order valence-corrected chi connectivity index (χ0v) is 10.7. The molecule has 1 amide bonds. The largest absolute Gasteiger partial charge is 0.370 e. The maximum absolute atomic E-state index is 10.5. The summed E-state index contributed by atoms with van der Waals surface area (Å²) in [5, 5.41) is 7.73. The molecular weight excluding hydrogens is 216 g/mol. The van der Waals surface area contributed by atoms with Gasteiger partial charge in [-0.2, -0.15) is 5.10 Å². The molecule has 5 nitrogen and oxygen atoms in total. The molecule has 0 aromatic carbocycles. The minimum absolute atomic E-state index is 0.218. The third-order valence-electron chi connectivity index (χ3n) is 2.62. The number of primary amides is 1. The lowest BCUT2D eigenvalue weighted by Gasteiger charge is -2.06. The van der Waals surface area contributed by atoms with E-state index in [1.54, 1.807) is 0 Å². The summed E-state index contributed by atoms with van der Waals surface area (Å²) in [5.41, 5.74) is 7.33. The Kier molecular flexibility index (Phi) is 5.69.